The molecule has 0 spiro atoms. The number of thiazole rings is 1. The molecule has 1 aromatic rings. The molecule has 1 heterocycles. The third-order valence-corrected chi connectivity index (χ3v) is 4.97. The maximum Gasteiger partial charge on any atom is 0.103 e. The van der Waals surface area contributed by atoms with Crippen molar-refractivity contribution in [2.24, 2.45) is 0 Å². The van der Waals surface area contributed by atoms with E-state index in [0.29, 0.717) is 10.8 Å². The molecule has 2 nitrogen and oxygen atoms in total. The summed E-state index contributed by atoms with van der Waals surface area (Å²) in [6.07, 6.45) is 3.20. The Balaban J connectivity index is 2.47. The van der Waals surface area contributed by atoms with E-state index in [1.54, 1.807) is 0 Å². The van der Waals surface area contributed by atoms with E-state index in [2.05, 4.69) is 44.9 Å². The van der Waals surface area contributed by atoms with Gasteiger partial charge in [-0.3, -0.25) is 0 Å². The normalized spacial score (nSPS) is 13.9. The Hall–Kier alpha value is -0.0600. The number of aromatic nitrogens is 1. The fourth-order valence-electron chi connectivity index (χ4n) is 1.33. The third kappa shape index (κ3) is 5.89. The number of hydrogen-bond donors (Lipinski definition) is 1. The van der Waals surface area contributed by atoms with Crippen molar-refractivity contribution in [3.63, 3.8) is 0 Å². The van der Waals surface area contributed by atoms with E-state index >= 15 is 0 Å². The summed E-state index contributed by atoms with van der Waals surface area (Å²) in [4.78, 5) is 5.86. The van der Waals surface area contributed by atoms with Crippen LogP contribution in [0.3, 0.4) is 0 Å². The second-order valence-corrected chi connectivity index (χ2v) is 8.18. The van der Waals surface area contributed by atoms with E-state index in [4.69, 9.17) is 0 Å². The van der Waals surface area contributed by atoms with Gasteiger partial charge in [0.25, 0.3) is 0 Å². The number of nitrogens with one attached hydrogen (secondary N) is 1. The third-order valence-electron chi connectivity index (χ3n) is 2.33. The van der Waals surface area contributed by atoms with Crippen molar-refractivity contribution in [3.8, 4) is 0 Å². The fourth-order valence-corrected chi connectivity index (χ4v) is 3.12. The molecule has 0 aliphatic rings. The quantitative estimate of drug-likeness (QED) is 0.838. The molecule has 17 heavy (non-hydrogen) atoms. The molecule has 0 radical (unpaired) electrons. The summed E-state index contributed by atoms with van der Waals surface area (Å²) < 4.78 is 0.317. The second-order valence-electron chi connectivity index (χ2n) is 5.23. The molecule has 1 atom stereocenters. The molecular formula is C13H24N2S2. The zero-order chi connectivity index (χ0) is 12.9. The topological polar surface area (TPSA) is 24.9 Å². The van der Waals surface area contributed by atoms with Crippen LogP contribution in [-0.2, 0) is 5.75 Å². The van der Waals surface area contributed by atoms with E-state index in [-0.39, 0.29) is 0 Å². The van der Waals surface area contributed by atoms with Gasteiger partial charge in [-0.25, -0.2) is 4.98 Å². The maximum atomic E-state index is 4.51. The molecule has 0 bridgehead atoms. The van der Waals surface area contributed by atoms with Crippen LogP contribution in [0.5, 0.6) is 0 Å². The molecule has 4 heteroatoms. The lowest BCUT2D eigenvalue weighted by Gasteiger charge is -2.16. The van der Waals surface area contributed by atoms with Crippen molar-refractivity contribution < 1.29 is 0 Å². The van der Waals surface area contributed by atoms with Gasteiger partial charge in [0.15, 0.2) is 0 Å². The van der Waals surface area contributed by atoms with Gasteiger partial charge < -0.3 is 5.32 Å². The Morgan fingerprint density at radius 2 is 2.18 bits per heavy atom. The first-order valence-corrected chi connectivity index (χ1v) is 8.04. The molecule has 1 N–H and O–H groups in total. The fraction of sp³-hybridized carbons (Fsp3) is 0.769. The van der Waals surface area contributed by atoms with Gasteiger partial charge in [-0.2, -0.15) is 0 Å². The predicted molar refractivity (Wildman–Crippen MR) is 79.9 cm³/mol. The van der Waals surface area contributed by atoms with Crippen molar-refractivity contribution >= 4 is 23.1 Å². The Kier molecular flexibility index (Phi) is 5.97. The Morgan fingerprint density at radius 1 is 1.47 bits per heavy atom. The van der Waals surface area contributed by atoms with Gasteiger partial charge in [0.05, 0.1) is 0 Å². The lowest BCUT2D eigenvalue weighted by molar-refractivity contribution is 0.577. The Bertz CT molecular complexity index is 328. The highest BCUT2D eigenvalue weighted by atomic mass is 32.2. The molecule has 1 unspecified atom stereocenters. The first-order valence-electron chi connectivity index (χ1n) is 6.24. The van der Waals surface area contributed by atoms with Crippen LogP contribution >= 0.6 is 23.1 Å². The number of nitrogens with zero attached hydrogens (tertiary/aromatic N) is 1. The average Bonchev–Trinajstić information content (AvgIpc) is 2.70. The van der Waals surface area contributed by atoms with Crippen molar-refractivity contribution in [2.45, 2.75) is 57.6 Å². The molecule has 1 rings (SSSR count). The van der Waals surface area contributed by atoms with Crippen LogP contribution in [0.15, 0.2) is 6.20 Å². The predicted octanol–water partition coefficient (Wildman–Crippen LogP) is 4.24. The molecule has 0 saturated carbocycles. The second kappa shape index (κ2) is 6.76. The monoisotopic (exact) mass is 272 g/mol. The molecule has 0 aliphatic carbocycles. The summed E-state index contributed by atoms with van der Waals surface area (Å²) in [5.74, 6) is 1.02. The molecule has 0 aliphatic heterocycles. The van der Waals surface area contributed by atoms with E-state index in [0.717, 1.165) is 12.3 Å². The van der Waals surface area contributed by atoms with Gasteiger partial charge in [0.1, 0.15) is 5.01 Å². The highest BCUT2D eigenvalue weighted by Crippen LogP contribution is 2.30. The molecule has 0 fully saturated rings. The summed E-state index contributed by atoms with van der Waals surface area (Å²) in [5.41, 5.74) is 0. The van der Waals surface area contributed by atoms with Crippen molar-refractivity contribution in [1.82, 2.24) is 10.3 Å². The summed E-state index contributed by atoms with van der Waals surface area (Å²) in [6, 6.07) is 0.431. The van der Waals surface area contributed by atoms with E-state index in [9.17, 15) is 0 Å². The van der Waals surface area contributed by atoms with E-state index < -0.39 is 0 Å². The van der Waals surface area contributed by atoms with Gasteiger partial charge in [0.2, 0.25) is 0 Å². The molecule has 0 amide bonds. The molecular weight excluding hydrogens is 248 g/mol. The summed E-state index contributed by atoms with van der Waals surface area (Å²) >= 11 is 3.79. The summed E-state index contributed by atoms with van der Waals surface area (Å²) in [7, 11) is 0. The highest BCUT2D eigenvalue weighted by molar-refractivity contribution is 7.99. The molecule has 1 aromatic heterocycles. The van der Waals surface area contributed by atoms with E-state index in [1.165, 1.54) is 16.3 Å². The van der Waals surface area contributed by atoms with Crippen LogP contribution in [0.4, 0.5) is 0 Å². The maximum absolute atomic E-state index is 4.51. The van der Waals surface area contributed by atoms with Crippen molar-refractivity contribution in [1.29, 1.82) is 0 Å². The van der Waals surface area contributed by atoms with Crippen LogP contribution in [-0.4, -0.2) is 16.3 Å². The minimum atomic E-state index is 0.317. The van der Waals surface area contributed by atoms with Crippen molar-refractivity contribution in [3.05, 3.63) is 16.1 Å². The van der Waals surface area contributed by atoms with Gasteiger partial charge in [-0.1, -0.05) is 27.7 Å². The van der Waals surface area contributed by atoms with Gasteiger partial charge in [-0.15, -0.1) is 23.1 Å². The Labute approximate surface area is 114 Å². The number of thioether (sulfide) groups is 1. The SMILES string of the molecule is CCCNC(C)c1cnc(CSC(C)(C)C)s1. The van der Waals surface area contributed by atoms with Crippen LogP contribution < -0.4 is 5.32 Å². The smallest absolute Gasteiger partial charge is 0.103 e. The zero-order valence-electron chi connectivity index (χ0n) is 11.5. The standard InChI is InChI=1S/C13H24N2S2/c1-6-7-14-10(2)11-8-15-12(17-11)9-16-13(3,4)5/h8,10,14H,6-7,9H2,1-5H3. The van der Waals surface area contributed by atoms with E-state index in [1.807, 2.05) is 29.3 Å². The first-order chi connectivity index (χ1) is 7.92. The van der Waals surface area contributed by atoms with Crippen LogP contribution in [0, 0.1) is 0 Å². The first kappa shape index (κ1) is 15.0. The highest BCUT2D eigenvalue weighted by Gasteiger charge is 2.13. The average molecular weight is 272 g/mol. The summed E-state index contributed by atoms with van der Waals surface area (Å²) in [5, 5.41) is 4.74. The Morgan fingerprint density at radius 3 is 2.76 bits per heavy atom. The number of hydrogen-bond acceptors (Lipinski definition) is 4. The lowest BCUT2D eigenvalue weighted by Crippen LogP contribution is -2.18. The minimum absolute atomic E-state index is 0.317. The molecule has 98 valence electrons. The van der Waals surface area contributed by atoms with Crippen LogP contribution in [0.1, 0.15) is 57.0 Å². The summed E-state index contributed by atoms with van der Waals surface area (Å²) in [6.45, 7) is 12.2. The largest absolute Gasteiger partial charge is 0.309 e. The van der Waals surface area contributed by atoms with Gasteiger partial charge >= 0.3 is 0 Å². The lowest BCUT2D eigenvalue weighted by atomic mass is 10.3. The van der Waals surface area contributed by atoms with Crippen LogP contribution in [0.2, 0.25) is 0 Å². The van der Waals surface area contributed by atoms with Gasteiger partial charge in [-0.05, 0) is 19.9 Å². The zero-order valence-corrected chi connectivity index (χ0v) is 13.2. The van der Waals surface area contributed by atoms with Gasteiger partial charge in [0, 0.05) is 27.6 Å². The minimum Gasteiger partial charge on any atom is -0.309 e. The van der Waals surface area contributed by atoms with Crippen LogP contribution in [0.25, 0.3) is 0 Å². The number of rotatable bonds is 6. The molecule has 0 saturated heterocycles. The molecule has 0 aromatic carbocycles. The van der Waals surface area contributed by atoms with Crippen molar-refractivity contribution in [2.75, 3.05) is 6.54 Å².